The monoisotopic (exact) mass is 360 g/mol. The second kappa shape index (κ2) is 5.99. The van der Waals surface area contributed by atoms with Gasteiger partial charge < -0.3 is 14.4 Å². The van der Waals surface area contributed by atoms with Crippen molar-refractivity contribution in [3.63, 3.8) is 0 Å². The minimum absolute atomic E-state index is 0.0537. The normalized spacial score (nSPS) is 21.8. The standard InChI is InChI=1S/C16H16N4O4S/c1-23-15-19-18-13(25-15)17-14(22)20-7-6-16(9-20)8-11(21)10-4-2-3-5-12(10)24-16/h2-5H,6-9H2,1H3,(H,17,18,22). The highest BCUT2D eigenvalue weighted by Gasteiger charge is 2.47. The molecule has 1 aromatic heterocycles. The van der Waals surface area contributed by atoms with Gasteiger partial charge in [-0.15, -0.1) is 5.10 Å². The molecule has 130 valence electrons. The van der Waals surface area contributed by atoms with Crippen molar-refractivity contribution in [1.29, 1.82) is 0 Å². The van der Waals surface area contributed by atoms with Gasteiger partial charge in [-0.05, 0) is 23.5 Å². The van der Waals surface area contributed by atoms with Crippen LogP contribution in [0, 0.1) is 0 Å². The lowest BCUT2D eigenvalue weighted by Gasteiger charge is -2.34. The van der Waals surface area contributed by atoms with Crippen LogP contribution >= 0.6 is 11.3 Å². The number of anilines is 1. The summed E-state index contributed by atoms with van der Waals surface area (Å²) in [5, 5.41) is 11.1. The first-order valence-corrected chi connectivity index (χ1v) is 8.65. The molecule has 0 aliphatic carbocycles. The summed E-state index contributed by atoms with van der Waals surface area (Å²) in [6.07, 6.45) is 0.889. The summed E-state index contributed by atoms with van der Waals surface area (Å²) < 4.78 is 11.1. The molecule has 2 aliphatic heterocycles. The Balaban J connectivity index is 1.46. The third-order valence-electron chi connectivity index (χ3n) is 4.40. The number of carbonyl (C=O) groups is 2. The van der Waals surface area contributed by atoms with E-state index < -0.39 is 5.60 Å². The van der Waals surface area contributed by atoms with Crippen molar-refractivity contribution >= 4 is 28.3 Å². The first-order valence-electron chi connectivity index (χ1n) is 7.83. The van der Waals surface area contributed by atoms with Crippen LogP contribution in [0.3, 0.4) is 0 Å². The lowest BCUT2D eigenvalue weighted by Crippen LogP contribution is -2.45. The van der Waals surface area contributed by atoms with Crippen molar-refractivity contribution in [3.8, 4) is 10.9 Å². The number of methoxy groups -OCH3 is 1. The van der Waals surface area contributed by atoms with Crippen LogP contribution in [-0.2, 0) is 0 Å². The third-order valence-corrected chi connectivity index (χ3v) is 5.20. The van der Waals surface area contributed by atoms with Crippen molar-refractivity contribution in [2.45, 2.75) is 18.4 Å². The van der Waals surface area contributed by atoms with Crippen LogP contribution in [0.4, 0.5) is 9.93 Å². The lowest BCUT2D eigenvalue weighted by atomic mass is 9.89. The topological polar surface area (TPSA) is 93.7 Å². The zero-order valence-electron chi connectivity index (χ0n) is 13.5. The fourth-order valence-corrected chi connectivity index (χ4v) is 3.75. The molecular weight excluding hydrogens is 344 g/mol. The number of nitrogens with zero attached hydrogens (tertiary/aromatic N) is 3. The molecule has 1 spiro atoms. The number of likely N-dealkylation sites (tertiary alicyclic amines) is 1. The van der Waals surface area contributed by atoms with Gasteiger partial charge in [-0.2, -0.15) is 0 Å². The number of fused-ring (bicyclic) bond motifs is 1. The fraction of sp³-hybridized carbons (Fsp3) is 0.375. The highest BCUT2D eigenvalue weighted by Crippen LogP contribution is 2.38. The van der Waals surface area contributed by atoms with Crippen LogP contribution in [0.1, 0.15) is 23.2 Å². The Kier molecular flexibility index (Phi) is 3.79. The van der Waals surface area contributed by atoms with Crippen LogP contribution in [0.5, 0.6) is 10.9 Å². The zero-order valence-corrected chi connectivity index (χ0v) is 14.3. The van der Waals surface area contributed by atoms with E-state index in [0.29, 0.717) is 41.1 Å². The van der Waals surface area contributed by atoms with Crippen molar-refractivity contribution in [1.82, 2.24) is 15.1 Å². The molecule has 0 radical (unpaired) electrons. The highest BCUT2D eigenvalue weighted by molar-refractivity contribution is 7.17. The van der Waals surface area contributed by atoms with Crippen LogP contribution in [0.25, 0.3) is 0 Å². The molecule has 1 saturated heterocycles. The van der Waals surface area contributed by atoms with E-state index in [1.165, 1.54) is 7.11 Å². The van der Waals surface area contributed by atoms with Crippen molar-refractivity contribution in [2.75, 3.05) is 25.5 Å². The maximum atomic E-state index is 12.4. The molecule has 0 saturated carbocycles. The van der Waals surface area contributed by atoms with Gasteiger partial charge in [0.2, 0.25) is 5.13 Å². The molecule has 1 N–H and O–H groups in total. The van der Waals surface area contributed by atoms with E-state index in [0.717, 1.165) is 11.3 Å². The number of nitrogens with one attached hydrogen (secondary N) is 1. The Bertz CT molecular complexity index is 839. The maximum absolute atomic E-state index is 12.4. The zero-order chi connectivity index (χ0) is 17.4. The predicted molar refractivity (Wildman–Crippen MR) is 90.4 cm³/mol. The summed E-state index contributed by atoms with van der Waals surface area (Å²) in [4.78, 5) is 26.5. The van der Waals surface area contributed by atoms with Crippen molar-refractivity contribution in [2.24, 2.45) is 0 Å². The number of para-hydroxylation sites is 1. The number of aromatic nitrogens is 2. The molecule has 2 amide bonds. The van der Waals surface area contributed by atoms with Crippen LogP contribution in [-0.4, -0.2) is 52.7 Å². The van der Waals surface area contributed by atoms with Gasteiger partial charge in [-0.3, -0.25) is 10.1 Å². The Morgan fingerprint density at radius 3 is 3.04 bits per heavy atom. The number of ketones is 1. The molecule has 1 aromatic carbocycles. The van der Waals surface area contributed by atoms with Gasteiger partial charge in [0.1, 0.15) is 11.4 Å². The molecule has 1 atom stereocenters. The van der Waals surface area contributed by atoms with Crippen LogP contribution < -0.4 is 14.8 Å². The number of rotatable bonds is 2. The Morgan fingerprint density at radius 1 is 1.40 bits per heavy atom. The van der Waals surface area contributed by atoms with E-state index >= 15 is 0 Å². The number of urea groups is 1. The van der Waals surface area contributed by atoms with E-state index in [4.69, 9.17) is 9.47 Å². The van der Waals surface area contributed by atoms with E-state index in [9.17, 15) is 9.59 Å². The summed E-state index contributed by atoms with van der Waals surface area (Å²) in [6, 6.07) is 6.94. The van der Waals surface area contributed by atoms with E-state index in [1.807, 2.05) is 12.1 Å². The first kappa shape index (κ1) is 15.8. The Labute approximate surface area is 147 Å². The number of hydrogen-bond donors (Lipinski definition) is 1. The number of carbonyl (C=O) groups excluding carboxylic acids is 2. The molecule has 2 aliphatic rings. The Hall–Kier alpha value is -2.68. The second-order valence-electron chi connectivity index (χ2n) is 6.06. The molecule has 2 aromatic rings. The minimum Gasteiger partial charge on any atom is -0.484 e. The molecule has 3 heterocycles. The van der Waals surface area contributed by atoms with Gasteiger partial charge in [0.15, 0.2) is 5.78 Å². The number of ether oxygens (including phenoxy) is 2. The number of amides is 2. The third kappa shape index (κ3) is 2.91. The van der Waals surface area contributed by atoms with Crippen molar-refractivity contribution < 1.29 is 19.1 Å². The van der Waals surface area contributed by atoms with Crippen LogP contribution in [0.15, 0.2) is 24.3 Å². The smallest absolute Gasteiger partial charge is 0.323 e. The largest absolute Gasteiger partial charge is 0.484 e. The SMILES string of the molecule is COc1nnc(NC(=O)N2CCC3(CC(=O)c4ccccc4O3)C2)s1. The molecule has 9 heteroatoms. The van der Waals surface area contributed by atoms with Gasteiger partial charge in [-0.25, -0.2) is 4.79 Å². The average molecular weight is 360 g/mol. The minimum atomic E-state index is -0.651. The van der Waals surface area contributed by atoms with Gasteiger partial charge in [0.25, 0.3) is 5.19 Å². The summed E-state index contributed by atoms with van der Waals surface area (Å²) in [5.74, 6) is 0.646. The highest BCUT2D eigenvalue weighted by atomic mass is 32.1. The van der Waals surface area contributed by atoms with E-state index in [1.54, 1.807) is 17.0 Å². The van der Waals surface area contributed by atoms with Crippen molar-refractivity contribution in [3.05, 3.63) is 29.8 Å². The van der Waals surface area contributed by atoms with Gasteiger partial charge in [0.05, 0.1) is 25.6 Å². The first-order chi connectivity index (χ1) is 12.1. The van der Waals surface area contributed by atoms with Gasteiger partial charge in [0, 0.05) is 13.0 Å². The average Bonchev–Trinajstić information content (AvgIpc) is 3.22. The molecule has 1 unspecified atom stereocenters. The lowest BCUT2D eigenvalue weighted by molar-refractivity contribution is 0.0482. The summed E-state index contributed by atoms with van der Waals surface area (Å²) in [6.45, 7) is 0.867. The molecule has 0 bridgehead atoms. The molecular formula is C16H16N4O4S. The molecule has 4 rings (SSSR count). The Morgan fingerprint density at radius 2 is 2.24 bits per heavy atom. The number of benzene rings is 1. The van der Waals surface area contributed by atoms with Gasteiger partial charge >= 0.3 is 6.03 Å². The van der Waals surface area contributed by atoms with Crippen LogP contribution in [0.2, 0.25) is 0 Å². The predicted octanol–water partition coefficient (Wildman–Crippen LogP) is 2.19. The van der Waals surface area contributed by atoms with Gasteiger partial charge in [-0.1, -0.05) is 17.2 Å². The summed E-state index contributed by atoms with van der Waals surface area (Å²) >= 11 is 1.15. The quantitative estimate of drug-likeness (QED) is 0.882. The summed E-state index contributed by atoms with van der Waals surface area (Å²) in [5.41, 5.74) is -0.0429. The van der Waals surface area contributed by atoms with E-state index in [-0.39, 0.29) is 18.2 Å². The summed E-state index contributed by atoms with van der Waals surface area (Å²) in [7, 11) is 1.49. The fourth-order valence-electron chi connectivity index (χ4n) is 3.20. The second-order valence-corrected chi connectivity index (χ2v) is 7.00. The maximum Gasteiger partial charge on any atom is 0.323 e. The molecule has 25 heavy (non-hydrogen) atoms. The van der Waals surface area contributed by atoms with E-state index in [2.05, 4.69) is 15.5 Å². The number of hydrogen-bond acceptors (Lipinski definition) is 7. The number of Topliss-reactive ketones (excluding diaryl/α,β-unsaturated/α-hetero) is 1. The molecule has 1 fully saturated rings. The molecule has 8 nitrogen and oxygen atoms in total.